The van der Waals surface area contributed by atoms with Gasteiger partial charge in [0.05, 0.1) is 6.67 Å². The zero-order valence-corrected chi connectivity index (χ0v) is 5.65. The van der Waals surface area contributed by atoms with Gasteiger partial charge in [0, 0.05) is 0 Å². The zero-order valence-electron chi connectivity index (χ0n) is 5.65. The van der Waals surface area contributed by atoms with Crippen molar-refractivity contribution < 1.29 is 4.39 Å². The van der Waals surface area contributed by atoms with Gasteiger partial charge in [-0.05, 0) is 37.0 Å². The number of halogens is 1. The minimum absolute atomic E-state index is 0.0544. The molecule has 3 unspecified atom stereocenters. The highest BCUT2D eigenvalue weighted by molar-refractivity contribution is 4.89. The molecule has 0 N–H and O–H groups in total. The smallest absolute Gasteiger partial charge is 0.0925 e. The minimum atomic E-state index is -0.0544. The second-order valence-corrected chi connectivity index (χ2v) is 3.59. The number of fused-ring (bicyclic) bond motifs is 2. The molecule has 0 spiro atoms. The topological polar surface area (TPSA) is 0 Å². The van der Waals surface area contributed by atoms with Crippen LogP contribution in [0, 0.1) is 17.8 Å². The Bertz CT molecular complexity index is 111. The van der Waals surface area contributed by atoms with Crippen LogP contribution in [-0.2, 0) is 0 Å². The standard InChI is InChI=1S/C8H13F/c9-5-8-4-6-1-2-7(8)3-6/h6-8H,1-5H2. The van der Waals surface area contributed by atoms with Crippen LogP contribution in [0.2, 0.25) is 0 Å². The van der Waals surface area contributed by atoms with Crippen LogP contribution in [0.1, 0.15) is 25.7 Å². The monoisotopic (exact) mass is 128 g/mol. The third kappa shape index (κ3) is 0.778. The SMILES string of the molecule is FCC1CC2CCC1C2. The maximum Gasteiger partial charge on any atom is 0.0925 e. The van der Waals surface area contributed by atoms with Crippen molar-refractivity contribution in [3.8, 4) is 0 Å². The molecule has 0 aromatic rings. The van der Waals surface area contributed by atoms with E-state index in [0.717, 1.165) is 11.8 Å². The van der Waals surface area contributed by atoms with Crippen LogP contribution >= 0.6 is 0 Å². The Balaban J connectivity index is 2.01. The molecular formula is C8H13F. The molecule has 2 rings (SSSR count). The van der Waals surface area contributed by atoms with Crippen molar-refractivity contribution in [1.29, 1.82) is 0 Å². The summed E-state index contributed by atoms with van der Waals surface area (Å²) in [5.41, 5.74) is 0. The third-order valence-corrected chi connectivity index (χ3v) is 3.08. The molecule has 0 radical (unpaired) electrons. The molecule has 2 saturated carbocycles. The largest absolute Gasteiger partial charge is 0.251 e. The van der Waals surface area contributed by atoms with E-state index in [-0.39, 0.29) is 6.67 Å². The van der Waals surface area contributed by atoms with Crippen LogP contribution in [0.15, 0.2) is 0 Å². The maximum absolute atomic E-state index is 12.2. The quantitative estimate of drug-likeness (QED) is 0.508. The highest BCUT2D eigenvalue weighted by Crippen LogP contribution is 2.48. The second-order valence-electron chi connectivity index (χ2n) is 3.59. The highest BCUT2D eigenvalue weighted by atomic mass is 19.1. The van der Waals surface area contributed by atoms with Gasteiger partial charge in [-0.3, -0.25) is 4.39 Å². The molecule has 2 aliphatic rings. The molecule has 0 nitrogen and oxygen atoms in total. The highest BCUT2D eigenvalue weighted by Gasteiger charge is 2.39. The van der Waals surface area contributed by atoms with E-state index < -0.39 is 0 Å². The summed E-state index contributed by atoms with van der Waals surface area (Å²) in [5.74, 6) is 2.15. The molecule has 0 aliphatic heterocycles. The van der Waals surface area contributed by atoms with E-state index in [9.17, 15) is 4.39 Å². The van der Waals surface area contributed by atoms with Gasteiger partial charge in [0.15, 0.2) is 0 Å². The molecule has 2 fully saturated rings. The molecule has 0 aromatic heterocycles. The number of alkyl halides is 1. The van der Waals surface area contributed by atoms with E-state index in [4.69, 9.17) is 0 Å². The van der Waals surface area contributed by atoms with Crippen molar-refractivity contribution in [3.63, 3.8) is 0 Å². The Morgan fingerprint density at radius 2 is 2.11 bits per heavy atom. The fraction of sp³-hybridized carbons (Fsp3) is 1.00. The number of rotatable bonds is 1. The van der Waals surface area contributed by atoms with Crippen molar-refractivity contribution in [2.75, 3.05) is 6.67 Å². The molecule has 9 heavy (non-hydrogen) atoms. The van der Waals surface area contributed by atoms with E-state index in [2.05, 4.69) is 0 Å². The van der Waals surface area contributed by atoms with Gasteiger partial charge in [-0.1, -0.05) is 6.42 Å². The van der Waals surface area contributed by atoms with E-state index in [1.807, 2.05) is 0 Å². The molecule has 0 heterocycles. The first kappa shape index (κ1) is 5.70. The van der Waals surface area contributed by atoms with E-state index in [1.54, 1.807) is 0 Å². The van der Waals surface area contributed by atoms with Crippen LogP contribution in [0.3, 0.4) is 0 Å². The van der Waals surface area contributed by atoms with Crippen molar-refractivity contribution in [2.24, 2.45) is 17.8 Å². The molecule has 2 bridgehead atoms. The van der Waals surface area contributed by atoms with Crippen LogP contribution in [0.5, 0.6) is 0 Å². The Morgan fingerprint density at radius 3 is 2.44 bits per heavy atom. The molecule has 0 amide bonds. The Labute approximate surface area is 55.4 Å². The van der Waals surface area contributed by atoms with Crippen LogP contribution in [0.4, 0.5) is 4.39 Å². The first-order valence-corrected chi connectivity index (χ1v) is 3.96. The molecule has 0 saturated heterocycles. The lowest BCUT2D eigenvalue weighted by Gasteiger charge is -2.17. The van der Waals surface area contributed by atoms with Crippen molar-refractivity contribution in [2.45, 2.75) is 25.7 Å². The first-order valence-electron chi connectivity index (χ1n) is 3.96. The number of hydrogen-bond donors (Lipinski definition) is 0. The molecule has 52 valence electrons. The first-order chi connectivity index (χ1) is 4.40. The van der Waals surface area contributed by atoms with Gasteiger partial charge in [0.1, 0.15) is 0 Å². The summed E-state index contributed by atoms with van der Waals surface area (Å²) in [7, 11) is 0. The lowest BCUT2D eigenvalue weighted by Crippen LogP contribution is -2.11. The Kier molecular flexibility index (Phi) is 1.24. The predicted molar refractivity (Wildman–Crippen MR) is 34.9 cm³/mol. The summed E-state index contributed by atoms with van der Waals surface area (Å²) in [6, 6.07) is 0. The van der Waals surface area contributed by atoms with Crippen molar-refractivity contribution >= 4 is 0 Å². The fourth-order valence-corrected chi connectivity index (χ4v) is 2.57. The summed E-state index contributed by atoms with van der Waals surface area (Å²) in [5, 5.41) is 0. The average Bonchev–Trinajstić information content (AvgIpc) is 2.45. The summed E-state index contributed by atoms with van der Waals surface area (Å²) >= 11 is 0. The fourth-order valence-electron chi connectivity index (χ4n) is 2.57. The normalized spacial score (nSPS) is 48.3. The van der Waals surface area contributed by atoms with Gasteiger partial charge in [-0.15, -0.1) is 0 Å². The van der Waals surface area contributed by atoms with E-state index in [0.29, 0.717) is 5.92 Å². The molecule has 3 atom stereocenters. The lowest BCUT2D eigenvalue weighted by molar-refractivity contribution is 0.261. The Hall–Kier alpha value is -0.0700. The maximum atomic E-state index is 12.2. The summed E-state index contributed by atoms with van der Waals surface area (Å²) < 4.78 is 12.2. The Morgan fingerprint density at radius 1 is 1.22 bits per heavy atom. The zero-order chi connectivity index (χ0) is 6.27. The number of hydrogen-bond acceptors (Lipinski definition) is 0. The minimum Gasteiger partial charge on any atom is -0.251 e. The van der Waals surface area contributed by atoms with Crippen LogP contribution in [0.25, 0.3) is 0 Å². The van der Waals surface area contributed by atoms with E-state index >= 15 is 0 Å². The lowest BCUT2D eigenvalue weighted by atomic mass is 9.90. The van der Waals surface area contributed by atoms with Crippen molar-refractivity contribution in [3.05, 3.63) is 0 Å². The van der Waals surface area contributed by atoms with Crippen LogP contribution < -0.4 is 0 Å². The van der Waals surface area contributed by atoms with Gasteiger partial charge in [-0.2, -0.15) is 0 Å². The van der Waals surface area contributed by atoms with Gasteiger partial charge < -0.3 is 0 Å². The van der Waals surface area contributed by atoms with Gasteiger partial charge >= 0.3 is 0 Å². The summed E-state index contributed by atoms with van der Waals surface area (Å²) in [6.07, 6.45) is 5.25. The summed E-state index contributed by atoms with van der Waals surface area (Å²) in [6.45, 7) is -0.0544. The van der Waals surface area contributed by atoms with Gasteiger partial charge in [0.25, 0.3) is 0 Å². The molecule has 0 aromatic carbocycles. The van der Waals surface area contributed by atoms with Gasteiger partial charge in [0.2, 0.25) is 0 Å². The third-order valence-electron chi connectivity index (χ3n) is 3.08. The van der Waals surface area contributed by atoms with Crippen LogP contribution in [-0.4, -0.2) is 6.67 Å². The van der Waals surface area contributed by atoms with Crippen molar-refractivity contribution in [1.82, 2.24) is 0 Å². The molecule has 2 aliphatic carbocycles. The summed E-state index contributed by atoms with van der Waals surface area (Å²) in [4.78, 5) is 0. The second kappa shape index (κ2) is 1.96. The molecule has 1 heteroatoms. The molecular weight excluding hydrogens is 115 g/mol. The van der Waals surface area contributed by atoms with Gasteiger partial charge in [-0.25, -0.2) is 0 Å². The predicted octanol–water partition coefficient (Wildman–Crippen LogP) is 2.39. The average molecular weight is 128 g/mol. The van der Waals surface area contributed by atoms with E-state index in [1.165, 1.54) is 25.7 Å².